The van der Waals surface area contributed by atoms with Crippen LogP contribution in [0.2, 0.25) is 0 Å². The van der Waals surface area contributed by atoms with Crippen molar-refractivity contribution in [1.29, 1.82) is 0 Å². The zero-order valence-electron chi connectivity index (χ0n) is 11.7. The molecule has 0 spiro atoms. The number of carboxylic acids is 1. The Kier molecular flexibility index (Phi) is 8.37. The van der Waals surface area contributed by atoms with Crippen LogP contribution < -0.4 is 5.32 Å². The van der Waals surface area contributed by atoms with Crippen molar-refractivity contribution in [3.8, 4) is 0 Å². The molecule has 0 saturated heterocycles. The highest BCUT2D eigenvalue weighted by Crippen LogP contribution is 2.04. The van der Waals surface area contributed by atoms with Crippen LogP contribution in [0.3, 0.4) is 0 Å². The van der Waals surface area contributed by atoms with Crippen LogP contribution in [-0.2, 0) is 14.3 Å². The lowest BCUT2D eigenvalue weighted by atomic mass is 10.1. The van der Waals surface area contributed by atoms with Gasteiger partial charge in [0.15, 0.2) is 0 Å². The molecule has 2 unspecified atom stereocenters. The summed E-state index contributed by atoms with van der Waals surface area (Å²) in [5.41, 5.74) is 0. The summed E-state index contributed by atoms with van der Waals surface area (Å²) in [6, 6.07) is -0.113. The topological polar surface area (TPSA) is 75.6 Å². The second kappa shape index (κ2) is 8.91. The van der Waals surface area contributed by atoms with Gasteiger partial charge in [-0.2, -0.15) is 0 Å². The van der Waals surface area contributed by atoms with Gasteiger partial charge in [-0.25, -0.2) is 0 Å². The number of carboxylic acid groups (broad SMARTS) is 1. The molecule has 0 heterocycles. The Morgan fingerprint density at radius 1 is 1.17 bits per heavy atom. The highest BCUT2D eigenvalue weighted by molar-refractivity contribution is 5.80. The molecule has 106 valence electrons. The monoisotopic (exact) mass is 259 g/mol. The first-order chi connectivity index (χ1) is 8.32. The molecule has 2 atom stereocenters. The van der Waals surface area contributed by atoms with E-state index in [1.54, 1.807) is 0 Å². The Hall–Kier alpha value is -1.10. The fourth-order valence-corrected chi connectivity index (χ4v) is 1.30. The van der Waals surface area contributed by atoms with Gasteiger partial charge in [-0.15, -0.1) is 0 Å². The number of nitrogens with one attached hydrogen (secondary N) is 1. The second-order valence-corrected chi connectivity index (χ2v) is 5.01. The summed E-state index contributed by atoms with van der Waals surface area (Å²) >= 11 is 0. The Morgan fingerprint density at radius 3 is 2.28 bits per heavy atom. The highest BCUT2D eigenvalue weighted by atomic mass is 16.5. The largest absolute Gasteiger partial charge is 0.481 e. The van der Waals surface area contributed by atoms with E-state index in [0.717, 1.165) is 6.42 Å². The summed E-state index contributed by atoms with van der Waals surface area (Å²) in [4.78, 5) is 21.7. The third-order valence-electron chi connectivity index (χ3n) is 2.73. The van der Waals surface area contributed by atoms with Crippen molar-refractivity contribution in [2.45, 2.75) is 59.1 Å². The van der Waals surface area contributed by atoms with Crippen LogP contribution in [0.5, 0.6) is 0 Å². The lowest BCUT2D eigenvalue weighted by Gasteiger charge is -2.22. The van der Waals surface area contributed by atoms with E-state index in [1.165, 1.54) is 0 Å². The minimum absolute atomic E-state index is 0.0123. The smallest absolute Gasteiger partial charge is 0.303 e. The van der Waals surface area contributed by atoms with E-state index >= 15 is 0 Å². The van der Waals surface area contributed by atoms with Crippen LogP contribution in [0.15, 0.2) is 0 Å². The Labute approximate surface area is 109 Å². The van der Waals surface area contributed by atoms with Gasteiger partial charge in [0.05, 0.1) is 18.6 Å². The Bertz CT molecular complexity index is 266. The van der Waals surface area contributed by atoms with Crippen molar-refractivity contribution >= 4 is 11.9 Å². The average molecular weight is 259 g/mol. The van der Waals surface area contributed by atoms with Crippen molar-refractivity contribution in [1.82, 2.24) is 5.32 Å². The predicted molar refractivity (Wildman–Crippen MR) is 69.3 cm³/mol. The summed E-state index contributed by atoms with van der Waals surface area (Å²) in [7, 11) is 0. The molecule has 0 fully saturated rings. The molecule has 2 N–H and O–H groups in total. The normalized spacial score (nSPS) is 14.3. The zero-order chi connectivity index (χ0) is 14.1. The molecule has 0 aromatic heterocycles. The Balaban J connectivity index is 3.81. The second-order valence-electron chi connectivity index (χ2n) is 5.01. The van der Waals surface area contributed by atoms with E-state index in [2.05, 4.69) is 19.2 Å². The standard InChI is InChI=1S/C13H25NO4/c1-9(2)7-8-18-11(4)10(3)14-12(15)5-6-13(16)17/h9-11H,5-8H2,1-4H3,(H,14,15)(H,16,17). The summed E-state index contributed by atoms with van der Waals surface area (Å²) in [6.45, 7) is 8.70. The number of rotatable bonds is 9. The van der Waals surface area contributed by atoms with Gasteiger partial charge in [0.25, 0.3) is 0 Å². The number of amides is 1. The van der Waals surface area contributed by atoms with Crippen molar-refractivity contribution < 1.29 is 19.4 Å². The maximum absolute atomic E-state index is 11.4. The van der Waals surface area contributed by atoms with Gasteiger partial charge in [0.2, 0.25) is 5.91 Å². The van der Waals surface area contributed by atoms with Crippen molar-refractivity contribution in [3.63, 3.8) is 0 Å². The molecule has 0 aromatic carbocycles. The summed E-state index contributed by atoms with van der Waals surface area (Å²) in [5.74, 6) is -0.610. The van der Waals surface area contributed by atoms with Crippen LogP contribution in [0.25, 0.3) is 0 Å². The Morgan fingerprint density at radius 2 is 1.78 bits per heavy atom. The molecule has 0 aliphatic carbocycles. The van der Waals surface area contributed by atoms with Gasteiger partial charge in [-0.1, -0.05) is 13.8 Å². The molecule has 5 nitrogen and oxygen atoms in total. The predicted octanol–water partition coefficient (Wildman–Crippen LogP) is 1.81. The highest BCUT2D eigenvalue weighted by Gasteiger charge is 2.15. The molecular formula is C13H25NO4. The van der Waals surface area contributed by atoms with E-state index < -0.39 is 5.97 Å². The van der Waals surface area contributed by atoms with Crippen LogP contribution in [0.4, 0.5) is 0 Å². The number of aliphatic carboxylic acids is 1. The molecule has 0 rings (SSSR count). The number of hydrogen-bond donors (Lipinski definition) is 2. The number of ether oxygens (including phenoxy) is 1. The van der Waals surface area contributed by atoms with E-state index in [9.17, 15) is 9.59 Å². The van der Waals surface area contributed by atoms with E-state index in [0.29, 0.717) is 12.5 Å². The average Bonchev–Trinajstić information content (AvgIpc) is 2.25. The third kappa shape index (κ3) is 8.98. The van der Waals surface area contributed by atoms with E-state index in [-0.39, 0.29) is 30.9 Å². The number of carbonyl (C=O) groups excluding carboxylic acids is 1. The van der Waals surface area contributed by atoms with Crippen molar-refractivity contribution in [2.75, 3.05) is 6.61 Å². The summed E-state index contributed by atoms with van der Waals surface area (Å²) < 4.78 is 5.61. The zero-order valence-corrected chi connectivity index (χ0v) is 11.7. The first-order valence-corrected chi connectivity index (χ1v) is 6.45. The third-order valence-corrected chi connectivity index (χ3v) is 2.73. The molecule has 1 amide bonds. The molecule has 0 bridgehead atoms. The summed E-state index contributed by atoms with van der Waals surface area (Å²) in [6.07, 6.45) is 0.793. The number of carbonyl (C=O) groups is 2. The van der Waals surface area contributed by atoms with E-state index in [4.69, 9.17) is 9.84 Å². The maximum Gasteiger partial charge on any atom is 0.303 e. The maximum atomic E-state index is 11.4. The molecule has 0 aromatic rings. The molecule has 0 radical (unpaired) electrons. The minimum atomic E-state index is -0.959. The van der Waals surface area contributed by atoms with Crippen LogP contribution in [0.1, 0.15) is 47.0 Å². The molecule has 0 aliphatic rings. The fraction of sp³-hybridized carbons (Fsp3) is 0.846. The van der Waals surface area contributed by atoms with Crippen molar-refractivity contribution in [2.24, 2.45) is 5.92 Å². The first kappa shape index (κ1) is 16.9. The van der Waals surface area contributed by atoms with Gasteiger partial charge in [0, 0.05) is 13.0 Å². The fourth-order valence-electron chi connectivity index (χ4n) is 1.30. The molecule has 5 heteroatoms. The quantitative estimate of drug-likeness (QED) is 0.662. The van der Waals surface area contributed by atoms with Crippen LogP contribution in [0, 0.1) is 5.92 Å². The lowest BCUT2D eigenvalue weighted by Crippen LogP contribution is -2.41. The molecule has 18 heavy (non-hydrogen) atoms. The number of hydrogen-bond acceptors (Lipinski definition) is 3. The van der Waals surface area contributed by atoms with E-state index in [1.807, 2.05) is 13.8 Å². The minimum Gasteiger partial charge on any atom is -0.481 e. The van der Waals surface area contributed by atoms with Gasteiger partial charge in [-0.05, 0) is 26.2 Å². The summed E-state index contributed by atoms with van der Waals surface area (Å²) in [5, 5.41) is 11.2. The SMILES string of the molecule is CC(C)CCOC(C)C(C)NC(=O)CCC(=O)O. The molecule has 0 saturated carbocycles. The van der Waals surface area contributed by atoms with Gasteiger partial charge < -0.3 is 15.2 Å². The van der Waals surface area contributed by atoms with Gasteiger partial charge in [-0.3, -0.25) is 9.59 Å². The van der Waals surface area contributed by atoms with Crippen molar-refractivity contribution in [3.05, 3.63) is 0 Å². The van der Waals surface area contributed by atoms with Crippen LogP contribution in [-0.4, -0.2) is 35.7 Å². The molecular weight excluding hydrogens is 234 g/mol. The first-order valence-electron chi connectivity index (χ1n) is 6.45. The molecule has 0 aliphatic heterocycles. The van der Waals surface area contributed by atoms with Crippen LogP contribution >= 0.6 is 0 Å². The van der Waals surface area contributed by atoms with Gasteiger partial charge >= 0.3 is 5.97 Å². The lowest BCUT2D eigenvalue weighted by molar-refractivity contribution is -0.139. The van der Waals surface area contributed by atoms with Gasteiger partial charge in [0.1, 0.15) is 0 Å².